The number of hydrogen-bond acceptors (Lipinski definition) is 4. The summed E-state index contributed by atoms with van der Waals surface area (Å²) in [5.74, 6) is 2.53. The highest BCUT2D eigenvalue weighted by Crippen LogP contribution is 2.55. The van der Waals surface area contributed by atoms with Crippen LogP contribution in [0.1, 0.15) is 55.2 Å². The number of nitrogens with zero attached hydrogens (tertiary/aromatic N) is 2. The molecule has 202 valence electrons. The van der Waals surface area contributed by atoms with Crippen LogP contribution in [0, 0.1) is 31.6 Å². The summed E-state index contributed by atoms with van der Waals surface area (Å²) in [5.41, 5.74) is 2.95. The summed E-state index contributed by atoms with van der Waals surface area (Å²) < 4.78 is 0. The van der Waals surface area contributed by atoms with Gasteiger partial charge in [-0.3, -0.25) is 4.90 Å². The largest absolute Gasteiger partial charge is 0.508 e. The fraction of sp³-hybridized carbons (Fsp3) is 0.613. The van der Waals surface area contributed by atoms with Gasteiger partial charge in [-0.15, -0.1) is 0 Å². The fourth-order valence-corrected chi connectivity index (χ4v) is 7.44. The number of fused-ring (bicyclic) bond motifs is 3. The number of aryl methyl sites for hydroxylation is 2. The Morgan fingerprint density at radius 3 is 2.49 bits per heavy atom. The number of likely N-dealkylation sites (tertiary alicyclic amines) is 1. The summed E-state index contributed by atoms with van der Waals surface area (Å²) >= 11 is 12.2. The summed E-state index contributed by atoms with van der Waals surface area (Å²) in [6, 6.07) is 12.6. The first kappa shape index (κ1) is 27.3. The maximum Gasteiger partial charge on any atom is 0.118 e. The lowest BCUT2D eigenvalue weighted by Crippen LogP contribution is -2.65. The molecule has 2 N–H and O–H groups in total. The van der Waals surface area contributed by atoms with Crippen LogP contribution in [0.3, 0.4) is 0 Å². The fourth-order valence-electron chi connectivity index (χ4n) is 7.12. The van der Waals surface area contributed by atoms with Crippen LogP contribution >= 0.6 is 23.2 Å². The van der Waals surface area contributed by atoms with Crippen LogP contribution in [0.25, 0.3) is 0 Å². The molecule has 4 unspecified atom stereocenters. The molecule has 4 aliphatic rings. The van der Waals surface area contributed by atoms with E-state index < -0.39 is 5.60 Å². The predicted octanol–water partition coefficient (Wildman–Crippen LogP) is 6.49. The van der Waals surface area contributed by atoms with Crippen molar-refractivity contribution < 1.29 is 10.2 Å². The van der Waals surface area contributed by atoms with E-state index in [1.807, 2.05) is 38.1 Å². The topological polar surface area (TPSA) is 46.9 Å². The van der Waals surface area contributed by atoms with E-state index in [0.717, 1.165) is 49.6 Å². The van der Waals surface area contributed by atoms with Gasteiger partial charge in [0.15, 0.2) is 0 Å². The first-order chi connectivity index (χ1) is 17.6. The number of phenols is 1. The highest BCUT2D eigenvalue weighted by molar-refractivity contribution is 6.42. The Hall–Kier alpha value is -1.30. The van der Waals surface area contributed by atoms with Gasteiger partial charge in [-0.05, 0) is 113 Å². The summed E-state index contributed by atoms with van der Waals surface area (Å²) in [6.07, 6.45) is 8.27. The summed E-state index contributed by atoms with van der Waals surface area (Å²) in [7, 11) is 2.25. The van der Waals surface area contributed by atoms with Gasteiger partial charge in [0, 0.05) is 31.7 Å². The molecule has 5 atom stereocenters. The van der Waals surface area contributed by atoms with Crippen molar-refractivity contribution >= 4 is 23.2 Å². The van der Waals surface area contributed by atoms with Crippen molar-refractivity contribution in [3.8, 4) is 5.75 Å². The second kappa shape index (κ2) is 11.1. The van der Waals surface area contributed by atoms with Crippen LogP contribution in [-0.2, 0) is 6.42 Å². The molecule has 2 aromatic carbocycles. The molecule has 4 nitrogen and oxygen atoms in total. The number of aromatic hydroxyl groups is 1. The van der Waals surface area contributed by atoms with E-state index in [2.05, 4.69) is 22.9 Å². The molecular formula is C31H42Cl2N2O2. The molecule has 6 rings (SSSR count). The number of rotatable bonds is 6. The summed E-state index contributed by atoms with van der Waals surface area (Å²) in [6.45, 7) is 7.39. The number of phenolic OH excluding ortho intramolecular Hbond substituents is 1. The van der Waals surface area contributed by atoms with E-state index >= 15 is 0 Å². The summed E-state index contributed by atoms with van der Waals surface area (Å²) in [4.78, 5) is 5.13. The standard InChI is InChI=1S/C23H32Cl2N2O.C8H10O/c1-26(9-7-15-4-5-20(24)21(25)10-15)19-6-8-23(28)18(12-19)11-17-14-27(22(17)23)13-16-2-3-16;1-6-3-4-8(9)7(2)5-6/h4-5,10,16-19,22,28H,2-3,6-9,11-14H2,1H3;3-5,9H,1-2H3/t17?,18?,19?,22-,23?;/m1./s1. The Bertz CT molecular complexity index is 1110. The van der Waals surface area contributed by atoms with Gasteiger partial charge in [0.05, 0.1) is 15.6 Å². The molecule has 0 amide bonds. The van der Waals surface area contributed by atoms with Crippen molar-refractivity contribution in [2.45, 2.75) is 76.5 Å². The zero-order chi connectivity index (χ0) is 26.3. The second-order valence-electron chi connectivity index (χ2n) is 12.2. The minimum absolute atomic E-state index is 0.376. The maximum atomic E-state index is 11.6. The number of benzene rings is 2. The molecular weight excluding hydrogens is 503 g/mol. The second-order valence-corrected chi connectivity index (χ2v) is 13.0. The van der Waals surface area contributed by atoms with Gasteiger partial charge in [0.2, 0.25) is 0 Å². The average Bonchev–Trinajstić information content (AvgIpc) is 3.63. The smallest absolute Gasteiger partial charge is 0.118 e. The van der Waals surface area contributed by atoms with Gasteiger partial charge in [-0.25, -0.2) is 0 Å². The van der Waals surface area contributed by atoms with Crippen molar-refractivity contribution in [2.75, 3.05) is 26.7 Å². The SMILES string of the molecule is CN(CCc1ccc(Cl)c(Cl)c1)C1CCC2(O)C(CC3CN(CC4CC4)[C@H]32)C1.Cc1ccc(O)c(C)c1. The van der Waals surface area contributed by atoms with E-state index in [1.165, 1.54) is 43.5 Å². The molecule has 3 saturated carbocycles. The molecule has 37 heavy (non-hydrogen) atoms. The van der Waals surface area contributed by atoms with Gasteiger partial charge in [0.1, 0.15) is 5.75 Å². The minimum atomic E-state index is -0.418. The lowest BCUT2D eigenvalue weighted by molar-refractivity contribution is -0.128. The van der Waals surface area contributed by atoms with Crippen LogP contribution in [-0.4, -0.2) is 64.4 Å². The lowest BCUT2D eigenvalue weighted by Gasteiger charge is -2.53. The zero-order valence-corrected chi connectivity index (χ0v) is 24.0. The number of likely N-dealkylation sites (N-methyl/N-ethyl adjacent to an activating group) is 1. The van der Waals surface area contributed by atoms with Gasteiger partial charge >= 0.3 is 0 Å². The van der Waals surface area contributed by atoms with Crippen molar-refractivity contribution in [1.29, 1.82) is 0 Å². The Labute approximate surface area is 232 Å². The zero-order valence-electron chi connectivity index (χ0n) is 22.5. The van der Waals surface area contributed by atoms with Crippen LogP contribution in [0.4, 0.5) is 0 Å². The first-order valence-electron chi connectivity index (χ1n) is 14.0. The molecule has 0 spiro atoms. The van der Waals surface area contributed by atoms with Gasteiger partial charge in [-0.1, -0.05) is 47.0 Å². The van der Waals surface area contributed by atoms with Crippen LogP contribution in [0.2, 0.25) is 10.0 Å². The van der Waals surface area contributed by atoms with E-state index in [0.29, 0.717) is 33.8 Å². The van der Waals surface area contributed by atoms with Crippen molar-refractivity contribution in [3.63, 3.8) is 0 Å². The predicted molar refractivity (Wildman–Crippen MR) is 153 cm³/mol. The maximum absolute atomic E-state index is 11.6. The monoisotopic (exact) mass is 544 g/mol. The average molecular weight is 546 g/mol. The third-order valence-corrected chi connectivity index (χ3v) is 10.2. The van der Waals surface area contributed by atoms with Crippen LogP contribution in [0.15, 0.2) is 36.4 Å². The Morgan fingerprint density at radius 1 is 1.03 bits per heavy atom. The number of aliphatic hydroxyl groups is 1. The van der Waals surface area contributed by atoms with E-state index in [1.54, 1.807) is 6.07 Å². The molecule has 1 heterocycles. The molecule has 3 aliphatic carbocycles. The van der Waals surface area contributed by atoms with Crippen molar-refractivity contribution in [1.82, 2.24) is 9.80 Å². The number of halogens is 2. The lowest BCUT2D eigenvalue weighted by atomic mass is 9.72. The van der Waals surface area contributed by atoms with Gasteiger partial charge < -0.3 is 15.1 Å². The Balaban J connectivity index is 0.000000265. The van der Waals surface area contributed by atoms with Gasteiger partial charge in [0.25, 0.3) is 0 Å². The van der Waals surface area contributed by atoms with Crippen LogP contribution < -0.4 is 0 Å². The molecule has 6 heteroatoms. The van der Waals surface area contributed by atoms with Crippen molar-refractivity contribution in [3.05, 3.63) is 63.1 Å². The Kier molecular flexibility index (Phi) is 8.15. The Morgan fingerprint density at radius 2 is 1.81 bits per heavy atom. The van der Waals surface area contributed by atoms with E-state index in [4.69, 9.17) is 28.3 Å². The highest BCUT2D eigenvalue weighted by Gasteiger charge is 2.62. The molecule has 0 radical (unpaired) electrons. The number of hydrogen-bond donors (Lipinski definition) is 2. The minimum Gasteiger partial charge on any atom is -0.508 e. The normalized spacial score (nSPS) is 30.8. The summed E-state index contributed by atoms with van der Waals surface area (Å²) in [5, 5.41) is 21.9. The van der Waals surface area contributed by atoms with Crippen LogP contribution in [0.5, 0.6) is 5.75 Å². The van der Waals surface area contributed by atoms with Gasteiger partial charge in [-0.2, -0.15) is 0 Å². The third-order valence-electron chi connectivity index (χ3n) is 9.45. The van der Waals surface area contributed by atoms with Crippen molar-refractivity contribution in [2.24, 2.45) is 17.8 Å². The molecule has 1 aliphatic heterocycles. The molecule has 0 bridgehead atoms. The third kappa shape index (κ3) is 5.99. The molecule has 1 saturated heterocycles. The first-order valence-corrected chi connectivity index (χ1v) is 14.8. The molecule has 0 aromatic heterocycles. The van der Waals surface area contributed by atoms with E-state index in [9.17, 15) is 5.11 Å². The molecule has 4 fully saturated rings. The molecule has 2 aromatic rings. The quantitative estimate of drug-likeness (QED) is 0.436. The van der Waals surface area contributed by atoms with E-state index in [-0.39, 0.29) is 0 Å². The highest BCUT2D eigenvalue weighted by atomic mass is 35.5.